The van der Waals surface area contributed by atoms with E-state index < -0.39 is 0 Å². The number of benzene rings is 2. The van der Waals surface area contributed by atoms with E-state index in [1.165, 1.54) is 10.9 Å². The lowest BCUT2D eigenvalue weighted by Crippen LogP contribution is -2.22. The molecule has 3 rings (SSSR count). The zero-order valence-corrected chi connectivity index (χ0v) is 12.5. The number of hydrogen-bond donors (Lipinski definition) is 1. The molecule has 0 aliphatic rings. The summed E-state index contributed by atoms with van der Waals surface area (Å²) in [6.07, 6.45) is 1.23. The number of hydrogen-bond acceptors (Lipinski definition) is 4. The van der Waals surface area contributed by atoms with Gasteiger partial charge in [0.2, 0.25) is 11.3 Å². The lowest BCUT2D eigenvalue weighted by molar-refractivity contribution is -0.116. The number of anilines is 1. The Morgan fingerprint density at radius 2 is 1.91 bits per heavy atom. The van der Waals surface area contributed by atoms with E-state index in [-0.39, 0.29) is 17.9 Å². The Morgan fingerprint density at radius 1 is 1.17 bits per heavy atom. The maximum atomic E-state index is 12.2. The molecular weight excluding hydrogens is 294 g/mol. The lowest BCUT2D eigenvalue weighted by atomic mass is 10.2. The van der Waals surface area contributed by atoms with E-state index in [2.05, 4.69) is 10.4 Å². The zero-order chi connectivity index (χ0) is 16.2. The summed E-state index contributed by atoms with van der Waals surface area (Å²) in [5, 5.41) is 7.37. The van der Waals surface area contributed by atoms with Gasteiger partial charge in [-0.15, -0.1) is 0 Å². The van der Waals surface area contributed by atoms with Crippen LogP contribution in [0.5, 0.6) is 5.75 Å². The first-order valence-corrected chi connectivity index (χ1v) is 7.06. The maximum absolute atomic E-state index is 12.2. The van der Waals surface area contributed by atoms with Crippen LogP contribution in [0.15, 0.2) is 59.5 Å². The second-order valence-corrected chi connectivity index (χ2v) is 4.96. The number of amides is 1. The fourth-order valence-electron chi connectivity index (χ4n) is 2.30. The standard InChI is InChI=1S/C17H15N3O3/c1-23-13-8-6-12(7-9-13)19-17(22)11-20-15-5-3-2-4-14(15)16(21)10-18-20/h2-10H,11H2,1H3,(H,19,22). The van der Waals surface area contributed by atoms with Gasteiger partial charge < -0.3 is 10.1 Å². The minimum atomic E-state index is -0.225. The van der Waals surface area contributed by atoms with Crippen LogP contribution in [-0.2, 0) is 11.3 Å². The quantitative estimate of drug-likeness (QED) is 0.800. The van der Waals surface area contributed by atoms with Crippen LogP contribution in [0.3, 0.4) is 0 Å². The number of aromatic nitrogens is 2. The molecule has 0 unspecified atom stereocenters. The second-order valence-electron chi connectivity index (χ2n) is 4.96. The normalized spacial score (nSPS) is 10.5. The minimum absolute atomic E-state index is 0.0207. The Bertz CT molecular complexity index is 901. The summed E-state index contributed by atoms with van der Waals surface area (Å²) in [6, 6.07) is 14.1. The van der Waals surface area contributed by atoms with Crippen molar-refractivity contribution < 1.29 is 9.53 Å². The van der Waals surface area contributed by atoms with Gasteiger partial charge in [0, 0.05) is 11.1 Å². The van der Waals surface area contributed by atoms with Gasteiger partial charge in [-0.2, -0.15) is 5.10 Å². The number of methoxy groups -OCH3 is 1. The summed E-state index contributed by atoms with van der Waals surface area (Å²) < 4.78 is 6.58. The maximum Gasteiger partial charge on any atom is 0.246 e. The van der Waals surface area contributed by atoms with Crippen molar-refractivity contribution in [1.29, 1.82) is 0 Å². The van der Waals surface area contributed by atoms with Gasteiger partial charge in [0.25, 0.3) is 0 Å². The molecule has 116 valence electrons. The first kappa shape index (κ1) is 14.8. The fourth-order valence-corrected chi connectivity index (χ4v) is 2.30. The van der Waals surface area contributed by atoms with Crippen molar-refractivity contribution in [2.75, 3.05) is 12.4 Å². The molecule has 0 fully saturated rings. The SMILES string of the molecule is COc1ccc(NC(=O)Cn2ncc(=O)c3ccccc32)cc1. The number of nitrogens with zero attached hydrogens (tertiary/aromatic N) is 2. The molecule has 23 heavy (non-hydrogen) atoms. The number of ether oxygens (including phenoxy) is 1. The van der Waals surface area contributed by atoms with E-state index in [0.29, 0.717) is 16.6 Å². The highest BCUT2D eigenvalue weighted by atomic mass is 16.5. The molecule has 1 N–H and O–H groups in total. The molecule has 0 bridgehead atoms. The van der Waals surface area contributed by atoms with E-state index in [4.69, 9.17) is 4.74 Å². The molecule has 0 saturated carbocycles. The summed E-state index contributed by atoms with van der Waals surface area (Å²) in [5.41, 5.74) is 1.14. The van der Waals surface area contributed by atoms with Gasteiger partial charge in [-0.05, 0) is 36.4 Å². The van der Waals surface area contributed by atoms with Gasteiger partial charge in [-0.3, -0.25) is 14.3 Å². The average molecular weight is 309 g/mol. The average Bonchev–Trinajstić information content (AvgIpc) is 2.58. The molecule has 1 heterocycles. The third-order valence-corrected chi connectivity index (χ3v) is 3.43. The molecule has 2 aromatic carbocycles. The van der Waals surface area contributed by atoms with Crippen molar-refractivity contribution in [3.05, 3.63) is 65.0 Å². The Kier molecular flexibility index (Phi) is 4.05. The Hall–Kier alpha value is -3.15. The highest BCUT2D eigenvalue weighted by Gasteiger charge is 2.08. The molecule has 1 amide bonds. The molecule has 0 aliphatic carbocycles. The highest BCUT2D eigenvalue weighted by molar-refractivity contribution is 5.91. The smallest absolute Gasteiger partial charge is 0.246 e. The monoisotopic (exact) mass is 309 g/mol. The number of carbonyl (C=O) groups is 1. The molecule has 0 aliphatic heterocycles. The number of para-hydroxylation sites is 1. The van der Waals surface area contributed by atoms with Crippen molar-refractivity contribution in [2.24, 2.45) is 0 Å². The minimum Gasteiger partial charge on any atom is -0.497 e. The van der Waals surface area contributed by atoms with Crippen LogP contribution in [0, 0.1) is 0 Å². The topological polar surface area (TPSA) is 73.2 Å². The van der Waals surface area contributed by atoms with E-state index in [1.807, 2.05) is 0 Å². The van der Waals surface area contributed by atoms with Crippen molar-refractivity contribution in [3.63, 3.8) is 0 Å². The van der Waals surface area contributed by atoms with Gasteiger partial charge in [-0.1, -0.05) is 12.1 Å². The molecular formula is C17H15N3O3. The third-order valence-electron chi connectivity index (χ3n) is 3.43. The predicted octanol–water partition coefficient (Wildman–Crippen LogP) is 2.04. The van der Waals surface area contributed by atoms with Gasteiger partial charge in [0.05, 0.1) is 18.8 Å². The first-order valence-electron chi connectivity index (χ1n) is 7.06. The summed E-state index contributed by atoms with van der Waals surface area (Å²) in [5.74, 6) is 0.493. The van der Waals surface area contributed by atoms with Crippen LogP contribution < -0.4 is 15.5 Å². The Balaban J connectivity index is 1.80. The largest absolute Gasteiger partial charge is 0.497 e. The van der Waals surface area contributed by atoms with Crippen LogP contribution in [0.4, 0.5) is 5.69 Å². The summed E-state index contributed by atoms with van der Waals surface area (Å²) >= 11 is 0. The van der Waals surface area contributed by atoms with Crippen LogP contribution in [0.1, 0.15) is 0 Å². The summed E-state index contributed by atoms with van der Waals surface area (Å²) in [4.78, 5) is 24.0. The molecule has 0 saturated heterocycles. The van der Waals surface area contributed by atoms with E-state index >= 15 is 0 Å². The molecule has 0 radical (unpaired) electrons. The predicted molar refractivity (Wildman–Crippen MR) is 87.6 cm³/mol. The van der Waals surface area contributed by atoms with Gasteiger partial charge in [-0.25, -0.2) is 0 Å². The van der Waals surface area contributed by atoms with Crippen molar-refractivity contribution >= 4 is 22.5 Å². The lowest BCUT2D eigenvalue weighted by Gasteiger charge is -2.10. The van der Waals surface area contributed by atoms with Crippen LogP contribution in [-0.4, -0.2) is 22.8 Å². The van der Waals surface area contributed by atoms with Gasteiger partial charge in [0.15, 0.2) is 0 Å². The van der Waals surface area contributed by atoms with Crippen molar-refractivity contribution in [3.8, 4) is 5.75 Å². The number of carbonyl (C=O) groups excluding carboxylic acids is 1. The van der Waals surface area contributed by atoms with Crippen molar-refractivity contribution in [1.82, 2.24) is 9.78 Å². The number of nitrogens with one attached hydrogen (secondary N) is 1. The molecule has 0 spiro atoms. The number of fused-ring (bicyclic) bond motifs is 1. The van der Waals surface area contributed by atoms with Crippen LogP contribution in [0.25, 0.3) is 10.9 Å². The van der Waals surface area contributed by atoms with E-state index in [0.717, 1.165) is 5.75 Å². The molecule has 0 atom stereocenters. The first-order chi connectivity index (χ1) is 11.2. The third kappa shape index (κ3) is 3.21. The molecule has 3 aromatic rings. The molecule has 6 heteroatoms. The number of rotatable bonds is 4. The highest BCUT2D eigenvalue weighted by Crippen LogP contribution is 2.15. The second kappa shape index (κ2) is 6.31. The molecule has 6 nitrogen and oxygen atoms in total. The summed E-state index contributed by atoms with van der Waals surface area (Å²) in [6.45, 7) is 0.0207. The van der Waals surface area contributed by atoms with Gasteiger partial charge >= 0.3 is 0 Å². The molecule has 1 aromatic heterocycles. The van der Waals surface area contributed by atoms with Crippen LogP contribution in [0.2, 0.25) is 0 Å². The fraction of sp³-hybridized carbons (Fsp3) is 0.118. The van der Waals surface area contributed by atoms with E-state index in [9.17, 15) is 9.59 Å². The van der Waals surface area contributed by atoms with Gasteiger partial charge in [0.1, 0.15) is 12.3 Å². The Labute approximate surface area is 132 Å². The summed E-state index contributed by atoms with van der Waals surface area (Å²) in [7, 11) is 1.58. The zero-order valence-electron chi connectivity index (χ0n) is 12.5. The van der Waals surface area contributed by atoms with E-state index in [1.54, 1.807) is 55.6 Å². The van der Waals surface area contributed by atoms with Crippen LogP contribution >= 0.6 is 0 Å². The Morgan fingerprint density at radius 3 is 2.65 bits per heavy atom. The van der Waals surface area contributed by atoms with Crippen molar-refractivity contribution in [2.45, 2.75) is 6.54 Å².